The molecule has 3 aliphatic rings. The summed E-state index contributed by atoms with van der Waals surface area (Å²) in [7, 11) is 0. The molecule has 2 unspecified atom stereocenters. The predicted molar refractivity (Wildman–Crippen MR) is 252 cm³/mol. The van der Waals surface area contributed by atoms with Crippen LogP contribution in [0.1, 0.15) is 105 Å². The molecule has 8 rings (SSSR count). The van der Waals surface area contributed by atoms with Crippen LogP contribution in [0.15, 0.2) is 108 Å². The summed E-state index contributed by atoms with van der Waals surface area (Å²) in [6.07, 6.45) is 14.2. The summed E-state index contributed by atoms with van der Waals surface area (Å²) in [6.45, 7) is 4.41. The number of hydrogen-bond donors (Lipinski definition) is 0. The van der Waals surface area contributed by atoms with Gasteiger partial charge in [0, 0.05) is 29.9 Å². The van der Waals surface area contributed by atoms with E-state index in [1.54, 1.807) is 11.8 Å². The van der Waals surface area contributed by atoms with E-state index in [-0.39, 0.29) is 24.6 Å². The van der Waals surface area contributed by atoms with Crippen LogP contribution in [0.25, 0.3) is 22.6 Å². The average Bonchev–Trinajstić information content (AvgIpc) is 4.01. The van der Waals surface area contributed by atoms with Crippen LogP contribution < -0.4 is 19.7 Å². The summed E-state index contributed by atoms with van der Waals surface area (Å²) in [5, 5.41) is 0. The third-order valence-corrected chi connectivity index (χ3v) is 14.4. The van der Waals surface area contributed by atoms with Gasteiger partial charge in [-0.3, -0.25) is 23.9 Å². The Morgan fingerprint density at radius 3 is 2.22 bits per heavy atom. The molecule has 1 amide bonds. The molecule has 60 heavy (non-hydrogen) atoms. The van der Waals surface area contributed by atoms with Gasteiger partial charge in [-0.05, 0) is 96.0 Å². The Balaban J connectivity index is 1.10. The van der Waals surface area contributed by atoms with Crippen molar-refractivity contribution in [2.75, 3.05) is 18.1 Å². The van der Waals surface area contributed by atoms with Gasteiger partial charge >= 0.3 is 5.97 Å². The fourth-order valence-corrected chi connectivity index (χ4v) is 11.4. The molecule has 1 aromatic heterocycles. The number of ether oxygens (including phenoxy) is 1. The number of nitrogens with zero attached hydrogens (tertiary/aromatic N) is 3. The third kappa shape index (κ3) is 8.87. The zero-order chi connectivity index (χ0) is 41.6. The van der Waals surface area contributed by atoms with Gasteiger partial charge in [-0.2, -0.15) is 0 Å². The Morgan fingerprint density at radius 2 is 1.52 bits per heavy atom. The molecule has 2 atom stereocenters. The quantitative estimate of drug-likeness (QED) is 0.0450. The lowest BCUT2D eigenvalue weighted by Gasteiger charge is -2.27. The average molecular weight is 854 g/mol. The van der Waals surface area contributed by atoms with Crippen LogP contribution in [0.2, 0.25) is 0 Å². The fraction of sp³-hybridized carbons (Fsp3) is 0.320. The molecule has 5 aromatic rings. The normalized spacial score (nSPS) is 18.3. The number of unbranched alkanes of at least 4 members (excludes halogenated alkanes) is 5. The second kappa shape index (κ2) is 19.1. The molecule has 0 N–H and O–H groups in total. The molecular weight excluding hydrogens is 803 g/mol. The number of anilines is 2. The van der Waals surface area contributed by atoms with Gasteiger partial charge in [0.05, 0.1) is 11.1 Å². The Kier molecular flexibility index (Phi) is 13.3. The number of rotatable bonds is 15. The number of thioether (sulfide) groups is 1. The molecule has 1 saturated carbocycles. The van der Waals surface area contributed by atoms with Gasteiger partial charge in [-0.25, -0.2) is 0 Å². The summed E-state index contributed by atoms with van der Waals surface area (Å²) in [6, 6.07) is 36.8. The van der Waals surface area contributed by atoms with Crippen molar-refractivity contribution >= 4 is 85.5 Å². The molecule has 10 heteroatoms. The van der Waals surface area contributed by atoms with Crippen LogP contribution in [0.3, 0.4) is 0 Å². The maximum atomic E-state index is 14.1. The third-order valence-electron chi connectivity index (χ3n) is 11.8. The lowest BCUT2D eigenvalue weighted by Crippen LogP contribution is -2.36. The van der Waals surface area contributed by atoms with Crippen LogP contribution in [0.4, 0.5) is 11.4 Å². The monoisotopic (exact) mass is 853 g/mol. The number of benzene rings is 4. The summed E-state index contributed by atoms with van der Waals surface area (Å²) in [4.78, 5) is 45.3. The number of fused-ring (bicyclic) bond motifs is 3. The van der Waals surface area contributed by atoms with E-state index in [0.717, 1.165) is 49.7 Å². The van der Waals surface area contributed by atoms with Crippen molar-refractivity contribution in [3.63, 3.8) is 0 Å². The lowest BCUT2D eigenvalue weighted by molar-refractivity contribution is -0.143. The van der Waals surface area contributed by atoms with Crippen LogP contribution in [0.5, 0.6) is 0 Å². The van der Waals surface area contributed by atoms with Gasteiger partial charge in [0.2, 0.25) is 0 Å². The molecule has 7 nitrogen and oxygen atoms in total. The number of thiazole rings is 1. The number of esters is 1. The molecule has 0 bridgehead atoms. The first-order chi connectivity index (χ1) is 29.3. The van der Waals surface area contributed by atoms with E-state index in [1.807, 2.05) is 18.2 Å². The van der Waals surface area contributed by atoms with Gasteiger partial charge in [0.15, 0.2) is 0 Å². The van der Waals surface area contributed by atoms with E-state index in [2.05, 4.69) is 109 Å². The van der Waals surface area contributed by atoms with Crippen molar-refractivity contribution in [2.24, 2.45) is 0 Å². The molecule has 0 spiro atoms. The highest BCUT2D eigenvalue weighted by atomic mass is 32.2. The van der Waals surface area contributed by atoms with Gasteiger partial charge in [0.25, 0.3) is 11.5 Å². The van der Waals surface area contributed by atoms with E-state index in [4.69, 9.17) is 17.0 Å². The Morgan fingerprint density at radius 1 is 0.833 bits per heavy atom. The number of carbonyl (C=O) groups is 2. The van der Waals surface area contributed by atoms with Crippen LogP contribution >= 0.6 is 35.3 Å². The summed E-state index contributed by atoms with van der Waals surface area (Å²) < 4.78 is 8.05. The van der Waals surface area contributed by atoms with E-state index in [1.165, 1.54) is 80.6 Å². The van der Waals surface area contributed by atoms with E-state index in [9.17, 15) is 14.4 Å². The first-order valence-electron chi connectivity index (χ1n) is 21.3. The van der Waals surface area contributed by atoms with E-state index in [0.29, 0.717) is 36.9 Å². The van der Waals surface area contributed by atoms with Gasteiger partial charge in [0.1, 0.15) is 20.4 Å². The first-order valence-corrected chi connectivity index (χ1v) is 23.4. The number of aromatic nitrogens is 1. The highest BCUT2D eigenvalue weighted by molar-refractivity contribution is 8.30. The summed E-state index contributed by atoms with van der Waals surface area (Å²) in [5.74, 6) is -0.336. The number of thiocarbonyl (C=S) groups is 1. The lowest BCUT2D eigenvalue weighted by atomic mass is 9.95. The largest absolute Gasteiger partial charge is 0.465 e. The Labute approximate surface area is 366 Å². The smallest absolute Gasteiger partial charge is 0.326 e. The Bertz CT molecular complexity index is 2540. The highest BCUT2D eigenvalue weighted by Crippen LogP contribution is 2.52. The van der Waals surface area contributed by atoms with Crippen molar-refractivity contribution in [3.05, 3.63) is 150 Å². The van der Waals surface area contributed by atoms with Gasteiger partial charge in [-0.1, -0.05) is 148 Å². The van der Waals surface area contributed by atoms with Gasteiger partial charge < -0.3 is 9.64 Å². The zero-order valence-corrected chi connectivity index (χ0v) is 36.8. The minimum Gasteiger partial charge on any atom is -0.465 e. The van der Waals surface area contributed by atoms with Crippen molar-refractivity contribution < 1.29 is 14.3 Å². The van der Waals surface area contributed by atoms with Crippen molar-refractivity contribution in [3.8, 4) is 0 Å². The SMILES string of the molecule is CCCCCCCCN1C(=O)/C(=c2\s/c(=C/c3ccc4c(c3)C3CCCC3N4c3ccc(C=C(c4ccccc4)c4ccccc4)cc3)c(=O)n2CC(=O)OCC)SC1=S. The predicted octanol–water partition coefficient (Wildman–Crippen LogP) is 10.0. The number of hydrogen-bond acceptors (Lipinski definition) is 8. The molecule has 2 aliphatic heterocycles. The molecule has 0 radical (unpaired) electrons. The maximum absolute atomic E-state index is 14.1. The fourth-order valence-electron chi connectivity index (χ4n) is 8.86. The minimum absolute atomic E-state index is 0.200. The highest BCUT2D eigenvalue weighted by Gasteiger charge is 2.42. The number of amides is 1. The van der Waals surface area contributed by atoms with Crippen molar-refractivity contribution in [1.82, 2.24) is 9.47 Å². The van der Waals surface area contributed by atoms with Crippen LogP contribution in [-0.4, -0.2) is 44.9 Å². The maximum Gasteiger partial charge on any atom is 0.326 e. The molecule has 308 valence electrons. The molecule has 3 heterocycles. The van der Waals surface area contributed by atoms with Crippen LogP contribution in [0, 0.1) is 0 Å². The van der Waals surface area contributed by atoms with Crippen molar-refractivity contribution in [1.29, 1.82) is 0 Å². The minimum atomic E-state index is -0.519. The molecule has 1 aliphatic carbocycles. The molecule has 4 aromatic carbocycles. The standard InChI is InChI=1S/C50H51N3O4S3/c1-3-5-6-7-8-15-29-51-48(56)46(60-50(51)58)49-52(33-45(54)57-4-2)47(55)44(59-49)32-35-25-28-43-41(31-35)39-21-16-22-42(39)53(43)38-26-23-34(24-27-38)30-40(36-17-11-9-12-18-36)37-19-13-10-14-20-37/h9-14,17-20,23-28,30-32,39,42H,3-8,15-16,21-22,29,33H2,1-2H3/b44-32+,49-46+. The Hall–Kier alpha value is -5.03. The molecule has 2 fully saturated rings. The molecule has 1 saturated heterocycles. The molecular formula is C50H51N3O4S3. The summed E-state index contributed by atoms with van der Waals surface area (Å²) in [5.41, 5.74) is 8.94. The number of carbonyl (C=O) groups excluding carboxylic acids is 2. The first kappa shape index (κ1) is 41.7. The van der Waals surface area contributed by atoms with Crippen molar-refractivity contribution in [2.45, 2.75) is 90.1 Å². The second-order valence-corrected chi connectivity index (χ2v) is 18.4. The van der Waals surface area contributed by atoms with Crippen LogP contribution in [-0.2, 0) is 20.9 Å². The second-order valence-electron chi connectivity index (χ2n) is 15.7. The topological polar surface area (TPSA) is 71.9 Å². The van der Waals surface area contributed by atoms with Gasteiger partial charge in [-0.15, -0.1) is 11.3 Å². The van der Waals surface area contributed by atoms with E-state index < -0.39 is 5.97 Å². The van der Waals surface area contributed by atoms with E-state index >= 15 is 0 Å². The summed E-state index contributed by atoms with van der Waals surface area (Å²) >= 11 is 8.14. The zero-order valence-electron chi connectivity index (χ0n) is 34.3.